The van der Waals surface area contributed by atoms with Gasteiger partial charge in [-0.2, -0.15) is 0 Å². The van der Waals surface area contributed by atoms with Crippen molar-refractivity contribution in [3.05, 3.63) is 46.1 Å². The molecule has 1 aromatic carbocycles. The second-order valence-electron chi connectivity index (χ2n) is 6.53. The lowest BCUT2D eigenvalue weighted by molar-refractivity contribution is -0.147. The number of halogens is 1. The molecule has 5 nitrogen and oxygen atoms in total. The third-order valence-electron chi connectivity index (χ3n) is 4.86. The molecule has 0 N–H and O–H groups in total. The van der Waals surface area contributed by atoms with Gasteiger partial charge in [0.05, 0.1) is 6.61 Å². The lowest BCUT2D eigenvalue weighted by Crippen LogP contribution is -2.37. The molecule has 2 atom stereocenters. The van der Waals surface area contributed by atoms with Crippen LogP contribution in [0.2, 0.25) is 5.02 Å². The van der Waals surface area contributed by atoms with E-state index in [1.807, 2.05) is 25.1 Å². The van der Waals surface area contributed by atoms with Crippen LogP contribution in [0.25, 0.3) is 0 Å². The summed E-state index contributed by atoms with van der Waals surface area (Å²) in [5.74, 6) is -1.48. The molecule has 0 saturated carbocycles. The smallest absolute Gasteiger partial charge is 0.315 e. The standard InChI is InChI=1S/C20H22ClNO4/c1-12-17(20(24)26-11-10-25-2)18(13-6-3-4-7-14(13)21)19-15(22-12)8-5-9-16(19)23/h3-4,6-7,17-18H,5,8-11H2,1-2H3/t17?,18-/m0/s1. The lowest BCUT2D eigenvalue weighted by atomic mass is 9.72. The third-order valence-corrected chi connectivity index (χ3v) is 5.20. The Labute approximate surface area is 158 Å². The maximum atomic E-state index is 12.8. The number of aliphatic imine (C=N–C) groups is 1. The average Bonchev–Trinajstić information content (AvgIpc) is 2.61. The number of Topliss-reactive ketones (excluding diaryl/α,β-unsaturated/α-hetero) is 1. The first kappa shape index (κ1) is 18.8. The minimum absolute atomic E-state index is 0.0436. The Bertz CT molecular complexity index is 784. The number of carbonyl (C=O) groups is 2. The van der Waals surface area contributed by atoms with Crippen molar-refractivity contribution in [2.45, 2.75) is 32.1 Å². The topological polar surface area (TPSA) is 65.0 Å². The van der Waals surface area contributed by atoms with Gasteiger partial charge in [-0.1, -0.05) is 29.8 Å². The Morgan fingerprint density at radius 1 is 1.27 bits per heavy atom. The fourth-order valence-electron chi connectivity index (χ4n) is 3.69. The molecule has 0 radical (unpaired) electrons. The molecule has 1 aliphatic heterocycles. The number of rotatable bonds is 5. The number of ketones is 1. The highest BCUT2D eigenvalue weighted by atomic mass is 35.5. The maximum absolute atomic E-state index is 12.8. The van der Waals surface area contributed by atoms with E-state index in [9.17, 15) is 9.59 Å². The molecule has 1 heterocycles. The van der Waals surface area contributed by atoms with Crippen molar-refractivity contribution in [2.24, 2.45) is 10.9 Å². The molecule has 3 rings (SSSR count). The van der Waals surface area contributed by atoms with Gasteiger partial charge < -0.3 is 9.47 Å². The summed E-state index contributed by atoms with van der Waals surface area (Å²) < 4.78 is 10.3. The van der Waals surface area contributed by atoms with Crippen LogP contribution >= 0.6 is 11.6 Å². The third kappa shape index (κ3) is 3.60. The molecule has 0 aromatic heterocycles. The molecular weight excluding hydrogens is 354 g/mol. The number of esters is 1. The Morgan fingerprint density at radius 3 is 2.77 bits per heavy atom. The molecule has 1 aliphatic carbocycles. The van der Waals surface area contributed by atoms with Crippen LogP contribution in [-0.4, -0.2) is 37.8 Å². The van der Waals surface area contributed by atoms with E-state index in [-0.39, 0.29) is 12.4 Å². The number of carbonyl (C=O) groups excluding carboxylic acids is 2. The van der Waals surface area contributed by atoms with Crippen molar-refractivity contribution in [2.75, 3.05) is 20.3 Å². The minimum atomic E-state index is -0.660. The number of hydrogen-bond acceptors (Lipinski definition) is 5. The van der Waals surface area contributed by atoms with Crippen LogP contribution in [0, 0.1) is 5.92 Å². The first-order chi connectivity index (χ1) is 12.5. The monoisotopic (exact) mass is 375 g/mol. The summed E-state index contributed by atoms with van der Waals surface area (Å²) in [6.07, 6.45) is 2.00. The molecule has 0 amide bonds. The number of benzene rings is 1. The molecule has 0 spiro atoms. The second-order valence-corrected chi connectivity index (χ2v) is 6.93. The van der Waals surface area contributed by atoms with Crippen molar-refractivity contribution >= 4 is 29.1 Å². The van der Waals surface area contributed by atoms with Crippen molar-refractivity contribution < 1.29 is 19.1 Å². The van der Waals surface area contributed by atoms with Crippen LogP contribution in [0.3, 0.4) is 0 Å². The van der Waals surface area contributed by atoms with Gasteiger partial charge in [0.2, 0.25) is 0 Å². The van der Waals surface area contributed by atoms with Gasteiger partial charge in [0.1, 0.15) is 12.5 Å². The molecule has 2 aliphatic rings. The molecule has 0 fully saturated rings. The summed E-state index contributed by atoms with van der Waals surface area (Å²) in [4.78, 5) is 30.1. The van der Waals surface area contributed by atoms with E-state index in [0.717, 1.165) is 24.1 Å². The Kier molecular flexibility index (Phi) is 5.89. The summed E-state index contributed by atoms with van der Waals surface area (Å²) in [7, 11) is 1.55. The van der Waals surface area contributed by atoms with Crippen LogP contribution in [0.1, 0.15) is 37.7 Å². The van der Waals surface area contributed by atoms with E-state index in [1.54, 1.807) is 13.2 Å². The highest BCUT2D eigenvalue weighted by Crippen LogP contribution is 2.45. The van der Waals surface area contributed by atoms with Gasteiger partial charge in [0.15, 0.2) is 5.78 Å². The molecule has 1 aromatic rings. The van der Waals surface area contributed by atoms with Crippen LogP contribution in [0.4, 0.5) is 0 Å². The fraction of sp³-hybridized carbons (Fsp3) is 0.450. The maximum Gasteiger partial charge on any atom is 0.315 e. The predicted molar refractivity (Wildman–Crippen MR) is 99.5 cm³/mol. The number of nitrogens with zero attached hydrogens (tertiary/aromatic N) is 1. The zero-order valence-electron chi connectivity index (χ0n) is 15.0. The fourth-order valence-corrected chi connectivity index (χ4v) is 3.94. The summed E-state index contributed by atoms with van der Waals surface area (Å²) in [6, 6.07) is 7.34. The Hall–Kier alpha value is -1.98. The Balaban J connectivity index is 2.06. The lowest BCUT2D eigenvalue weighted by Gasteiger charge is -2.34. The molecule has 0 bridgehead atoms. The van der Waals surface area contributed by atoms with Gasteiger partial charge >= 0.3 is 5.97 Å². The van der Waals surface area contributed by atoms with Gasteiger partial charge in [-0.3, -0.25) is 14.6 Å². The van der Waals surface area contributed by atoms with E-state index >= 15 is 0 Å². The highest BCUT2D eigenvalue weighted by Gasteiger charge is 2.43. The highest BCUT2D eigenvalue weighted by molar-refractivity contribution is 6.31. The Morgan fingerprint density at radius 2 is 2.04 bits per heavy atom. The molecule has 1 unspecified atom stereocenters. The van der Waals surface area contributed by atoms with Crippen LogP contribution in [0.5, 0.6) is 0 Å². The first-order valence-corrected chi connectivity index (χ1v) is 9.13. The summed E-state index contributed by atoms with van der Waals surface area (Å²) in [5, 5.41) is 0.534. The van der Waals surface area contributed by atoms with Crippen molar-refractivity contribution in [1.82, 2.24) is 0 Å². The zero-order valence-corrected chi connectivity index (χ0v) is 15.7. The summed E-state index contributed by atoms with van der Waals surface area (Å²) in [6.45, 7) is 2.29. The quantitative estimate of drug-likeness (QED) is 0.581. The molecule has 26 heavy (non-hydrogen) atoms. The van der Waals surface area contributed by atoms with Gasteiger partial charge in [-0.05, 0) is 31.4 Å². The van der Waals surface area contributed by atoms with Crippen molar-refractivity contribution in [3.8, 4) is 0 Å². The second kappa shape index (κ2) is 8.14. The van der Waals surface area contributed by atoms with Gasteiger partial charge in [-0.25, -0.2) is 0 Å². The number of hydrogen-bond donors (Lipinski definition) is 0. The first-order valence-electron chi connectivity index (χ1n) is 8.76. The van der Waals surface area contributed by atoms with Crippen LogP contribution < -0.4 is 0 Å². The number of ether oxygens (including phenoxy) is 2. The van der Waals surface area contributed by atoms with E-state index in [2.05, 4.69) is 4.99 Å². The SMILES string of the molecule is COCCOC(=O)C1C(C)=NC2=C(C(=O)CCC2)[C@H]1c1ccccc1Cl. The van der Waals surface area contributed by atoms with Gasteiger partial charge in [0.25, 0.3) is 0 Å². The van der Waals surface area contributed by atoms with E-state index in [0.29, 0.717) is 29.3 Å². The average molecular weight is 376 g/mol. The van der Waals surface area contributed by atoms with Crippen molar-refractivity contribution in [1.29, 1.82) is 0 Å². The van der Waals surface area contributed by atoms with Gasteiger partial charge in [0, 0.05) is 41.5 Å². The van der Waals surface area contributed by atoms with Crippen molar-refractivity contribution in [3.63, 3.8) is 0 Å². The van der Waals surface area contributed by atoms with E-state index in [4.69, 9.17) is 21.1 Å². The molecular formula is C20H22ClNO4. The normalized spacial score (nSPS) is 22.7. The molecule has 6 heteroatoms. The molecule has 138 valence electrons. The number of allylic oxidation sites excluding steroid dienone is 2. The summed E-state index contributed by atoms with van der Waals surface area (Å²) in [5.41, 5.74) is 2.82. The predicted octanol–water partition coefficient (Wildman–Crippen LogP) is 3.71. The minimum Gasteiger partial charge on any atom is -0.463 e. The summed E-state index contributed by atoms with van der Waals surface area (Å²) >= 11 is 6.44. The van der Waals surface area contributed by atoms with Crippen LogP contribution in [0.15, 0.2) is 40.5 Å². The zero-order chi connectivity index (χ0) is 18.7. The van der Waals surface area contributed by atoms with E-state index < -0.39 is 17.8 Å². The van der Waals surface area contributed by atoms with Gasteiger partial charge in [-0.15, -0.1) is 0 Å². The number of methoxy groups -OCH3 is 1. The molecule has 0 saturated heterocycles. The largest absolute Gasteiger partial charge is 0.463 e. The van der Waals surface area contributed by atoms with Crippen LogP contribution in [-0.2, 0) is 19.1 Å². The van der Waals surface area contributed by atoms with E-state index in [1.165, 1.54) is 0 Å².